The van der Waals surface area contributed by atoms with E-state index in [0.717, 1.165) is 51.6 Å². The third-order valence-electron chi connectivity index (χ3n) is 9.51. The van der Waals surface area contributed by atoms with Crippen molar-refractivity contribution in [3.8, 4) is 11.1 Å². The maximum Gasteiger partial charge on any atom is 0.227 e. The first-order valence-electron chi connectivity index (χ1n) is 15.1. The van der Waals surface area contributed by atoms with Crippen LogP contribution in [0.4, 0.5) is 17.5 Å². The van der Waals surface area contributed by atoms with Crippen molar-refractivity contribution in [1.82, 2.24) is 34.3 Å². The van der Waals surface area contributed by atoms with Crippen LogP contribution in [-0.4, -0.2) is 73.6 Å². The molecule has 2 aliphatic rings. The first-order chi connectivity index (χ1) is 20.4. The van der Waals surface area contributed by atoms with Gasteiger partial charge < -0.3 is 20.5 Å². The molecule has 0 bridgehead atoms. The van der Waals surface area contributed by atoms with Gasteiger partial charge in [0.05, 0.1) is 10.9 Å². The topological polar surface area (TPSA) is 101 Å². The molecule has 0 amide bonds. The molecule has 42 heavy (non-hydrogen) atoms. The molecule has 0 spiro atoms. The number of anilines is 3. The molecule has 2 fully saturated rings. The third-order valence-corrected chi connectivity index (χ3v) is 9.51. The molecule has 3 aromatic heterocycles. The fraction of sp³-hybridized carbons (Fsp3) is 0.394. The summed E-state index contributed by atoms with van der Waals surface area (Å²) < 4.78 is 2.36. The first kappa shape index (κ1) is 26.8. The molecule has 216 valence electrons. The van der Waals surface area contributed by atoms with E-state index in [9.17, 15) is 0 Å². The number of nitrogens with two attached hydrogens (primary N) is 1. The zero-order valence-electron chi connectivity index (χ0n) is 24.7. The lowest BCUT2D eigenvalue weighted by Gasteiger charge is -2.41. The van der Waals surface area contributed by atoms with Gasteiger partial charge in [-0.15, -0.1) is 0 Å². The number of benzene rings is 2. The second kappa shape index (κ2) is 11.0. The van der Waals surface area contributed by atoms with Crippen molar-refractivity contribution in [3.63, 3.8) is 0 Å². The summed E-state index contributed by atoms with van der Waals surface area (Å²) in [6.07, 6.45) is 10.5. The van der Waals surface area contributed by atoms with Gasteiger partial charge in [0.25, 0.3) is 0 Å². The van der Waals surface area contributed by atoms with E-state index in [-0.39, 0.29) is 0 Å². The van der Waals surface area contributed by atoms with Gasteiger partial charge in [0.1, 0.15) is 17.8 Å². The number of likely N-dealkylation sites (N-methyl/N-ethyl adjacent to an activating group) is 1. The van der Waals surface area contributed by atoms with E-state index in [0.29, 0.717) is 23.8 Å². The predicted molar refractivity (Wildman–Crippen MR) is 170 cm³/mol. The first-order valence-corrected chi connectivity index (χ1v) is 15.1. The zero-order valence-corrected chi connectivity index (χ0v) is 24.7. The summed E-state index contributed by atoms with van der Waals surface area (Å²) in [6.45, 7) is 8.93. The standard InChI is InChI=1S/C33H39N9/c1-21-4-13-29-27(22(21)2)18-35-33(39-29)38-24-7-5-23(6-8-24)28-19-42(32-30(28)31(34)36-20-37-32)26-11-9-25(10-12-26)41-16-14-40(3)15-17-41/h4-8,13,18-20,25-26H,9-12,14-17H2,1-3H3,(H2,34,36,37)(H,35,38,39)/t25-,26-. The maximum absolute atomic E-state index is 6.46. The van der Waals surface area contributed by atoms with Crippen molar-refractivity contribution in [2.45, 2.75) is 51.6 Å². The Balaban J connectivity index is 1.12. The number of aryl methyl sites for hydroxylation is 2. The Kier molecular flexibility index (Phi) is 6.99. The average molecular weight is 562 g/mol. The lowest BCUT2D eigenvalue weighted by atomic mass is 9.89. The van der Waals surface area contributed by atoms with Gasteiger partial charge >= 0.3 is 0 Å². The molecular weight excluding hydrogens is 522 g/mol. The SMILES string of the molecule is Cc1ccc2nc(Nc3ccc(-c4cn([C@H]5CC[C@H](N6CCN(C)CC6)CC5)c5ncnc(N)c45)cc3)ncc2c1C. The molecule has 7 rings (SSSR count). The van der Waals surface area contributed by atoms with Crippen molar-refractivity contribution in [3.05, 3.63) is 66.2 Å². The third kappa shape index (κ3) is 4.97. The number of nitrogens with one attached hydrogen (secondary N) is 1. The van der Waals surface area contributed by atoms with E-state index >= 15 is 0 Å². The van der Waals surface area contributed by atoms with Gasteiger partial charge in [-0.25, -0.2) is 19.9 Å². The minimum absolute atomic E-state index is 0.415. The van der Waals surface area contributed by atoms with Crippen LogP contribution < -0.4 is 11.1 Å². The molecule has 9 heteroatoms. The van der Waals surface area contributed by atoms with Gasteiger partial charge in [-0.2, -0.15) is 0 Å². The molecule has 0 radical (unpaired) electrons. The summed E-state index contributed by atoms with van der Waals surface area (Å²) in [5.41, 5.74) is 13.9. The van der Waals surface area contributed by atoms with Gasteiger partial charge in [0.2, 0.25) is 5.95 Å². The summed E-state index contributed by atoms with van der Waals surface area (Å²) in [4.78, 5) is 23.5. The van der Waals surface area contributed by atoms with E-state index in [2.05, 4.69) is 93.1 Å². The Morgan fingerprint density at radius 2 is 1.60 bits per heavy atom. The number of piperazine rings is 1. The number of nitrogen functional groups attached to an aromatic ring is 1. The molecule has 0 unspecified atom stereocenters. The number of rotatable bonds is 5. The van der Waals surface area contributed by atoms with E-state index in [4.69, 9.17) is 15.7 Å². The number of hydrogen-bond acceptors (Lipinski definition) is 8. The van der Waals surface area contributed by atoms with Crippen LogP contribution in [0.5, 0.6) is 0 Å². The molecule has 0 atom stereocenters. The normalized spacial score (nSPS) is 20.4. The van der Waals surface area contributed by atoms with Gasteiger partial charge in [0, 0.05) is 67.3 Å². The highest BCUT2D eigenvalue weighted by Crippen LogP contribution is 2.39. The van der Waals surface area contributed by atoms with Crippen molar-refractivity contribution in [2.24, 2.45) is 0 Å². The van der Waals surface area contributed by atoms with E-state index in [1.165, 1.54) is 50.1 Å². The smallest absolute Gasteiger partial charge is 0.227 e. The predicted octanol–water partition coefficient (Wildman–Crippen LogP) is 5.72. The van der Waals surface area contributed by atoms with Crippen molar-refractivity contribution >= 4 is 39.4 Å². The summed E-state index contributed by atoms with van der Waals surface area (Å²) >= 11 is 0. The van der Waals surface area contributed by atoms with Gasteiger partial charge in [-0.1, -0.05) is 18.2 Å². The van der Waals surface area contributed by atoms with Crippen molar-refractivity contribution < 1.29 is 0 Å². The van der Waals surface area contributed by atoms with Crippen LogP contribution in [0, 0.1) is 13.8 Å². The molecule has 1 saturated heterocycles. The highest BCUT2D eigenvalue weighted by atomic mass is 15.3. The Morgan fingerprint density at radius 3 is 2.36 bits per heavy atom. The van der Waals surface area contributed by atoms with Crippen molar-refractivity contribution in [1.29, 1.82) is 0 Å². The minimum atomic E-state index is 0.415. The van der Waals surface area contributed by atoms with Crippen LogP contribution in [-0.2, 0) is 0 Å². The second-order valence-electron chi connectivity index (χ2n) is 12.0. The highest BCUT2D eigenvalue weighted by molar-refractivity contribution is 6.00. The molecular formula is C33H39N9. The minimum Gasteiger partial charge on any atom is -0.383 e. The van der Waals surface area contributed by atoms with Gasteiger partial charge in [-0.3, -0.25) is 4.90 Å². The summed E-state index contributed by atoms with van der Waals surface area (Å²) in [7, 11) is 2.22. The van der Waals surface area contributed by atoms with Crippen LogP contribution in [0.15, 0.2) is 55.1 Å². The monoisotopic (exact) mass is 561 g/mol. The molecule has 3 N–H and O–H groups in total. The number of hydrogen-bond donors (Lipinski definition) is 2. The number of fused-ring (bicyclic) bond motifs is 2. The summed E-state index contributed by atoms with van der Waals surface area (Å²) in [5.74, 6) is 1.11. The van der Waals surface area contributed by atoms with E-state index in [1.807, 2.05) is 6.20 Å². The summed E-state index contributed by atoms with van der Waals surface area (Å²) in [5, 5.41) is 5.38. The van der Waals surface area contributed by atoms with Gasteiger partial charge in [0.15, 0.2) is 0 Å². The Morgan fingerprint density at radius 1 is 0.857 bits per heavy atom. The average Bonchev–Trinajstić information content (AvgIpc) is 3.41. The molecule has 4 heterocycles. The fourth-order valence-corrected chi connectivity index (χ4v) is 6.77. The van der Waals surface area contributed by atoms with Crippen LogP contribution in [0.1, 0.15) is 42.9 Å². The lowest BCUT2D eigenvalue weighted by molar-refractivity contribution is 0.0828. The van der Waals surface area contributed by atoms with E-state index < -0.39 is 0 Å². The van der Waals surface area contributed by atoms with Crippen LogP contribution >= 0.6 is 0 Å². The van der Waals surface area contributed by atoms with Crippen LogP contribution in [0.3, 0.4) is 0 Å². The molecule has 1 aliphatic carbocycles. The molecule has 1 saturated carbocycles. The summed E-state index contributed by atoms with van der Waals surface area (Å²) in [6, 6.07) is 13.6. The van der Waals surface area contributed by atoms with Crippen LogP contribution in [0.25, 0.3) is 33.1 Å². The largest absolute Gasteiger partial charge is 0.383 e. The second-order valence-corrected chi connectivity index (χ2v) is 12.0. The van der Waals surface area contributed by atoms with Crippen molar-refractivity contribution in [2.75, 3.05) is 44.3 Å². The number of aromatic nitrogens is 5. The Hall–Kier alpha value is -4.08. The zero-order chi connectivity index (χ0) is 28.8. The highest BCUT2D eigenvalue weighted by Gasteiger charge is 2.30. The lowest BCUT2D eigenvalue weighted by Crippen LogP contribution is -2.49. The quantitative estimate of drug-likeness (QED) is 0.281. The molecule has 9 nitrogen and oxygen atoms in total. The van der Waals surface area contributed by atoms with Gasteiger partial charge in [-0.05, 0) is 81.5 Å². The Labute approximate surface area is 246 Å². The number of nitrogens with zero attached hydrogens (tertiary/aromatic N) is 7. The fourth-order valence-electron chi connectivity index (χ4n) is 6.77. The molecule has 1 aliphatic heterocycles. The molecule has 5 aromatic rings. The Bertz CT molecular complexity index is 1730. The maximum atomic E-state index is 6.46. The van der Waals surface area contributed by atoms with Crippen LogP contribution in [0.2, 0.25) is 0 Å². The molecule has 2 aromatic carbocycles. The van der Waals surface area contributed by atoms with E-state index in [1.54, 1.807) is 6.33 Å².